The van der Waals surface area contributed by atoms with Crippen molar-refractivity contribution in [3.05, 3.63) is 82.2 Å². The average Bonchev–Trinajstić information content (AvgIpc) is 2.83. The second-order valence-electron chi connectivity index (χ2n) is 8.72. The van der Waals surface area contributed by atoms with Gasteiger partial charge in [0.1, 0.15) is 0 Å². The number of carbonyl (C=O) groups excluding carboxylic acids is 2. The summed E-state index contributed by atoms with van der Waals surface area (Å²) in [6.45, 7) is 6.31. The fourth-order valence-electron chi connectivity index (χ4n) is 4.86. The number of hydrogen-bond acceptors (Lipinski definition) is 6. The third kappa shape index (κ3) is 4.58. The summed E-state index contributed by atoms with van der Waals surface area (Å²) in [6.07, 6.45) is 1.75. The van der Waals surface area contributed by atoms with Gasteiger partial charge in [0, 0.05) is 29.3 Å². The Balaban J connectivity index is 1.81. The van der Waals surface area contributed by atoms with Gasteiger partial charge in [-0.05, 0) is 55.9 Å². The van der Waals surface area contributed by atoms with Crippen LogP contribution in [0.2, 0.25) is 0 Å². The molecule has 2 aromatic carbocycles. The van der Waals surface area contributed by atoms with E-state index in [1.807, 2.05) is 51.1 Å². The van der Waals surface area contributed by atoms with Gasteiger partial charge in [0.15, 0.2) is 17.3 Å². The lowest BCUT2D eigenvalue weighted by Crippen LogP contribution is -2.36. The van der Waals surface area contributed by atoms with Crippen LogP contribution in [0.1, 0.15) is 63.0 Å². The largest absolute Gasteiger partial charge is 0.504 e. The highest BCUT2D eigenvalue weighted by molar-refractivity contribution is 6.04. The van der Waals surface area contributed by atoms with Crippen LogP contribution in [0.3, 0.4) is 0 Å². The molecule has 2 aliphatic rings. The molecular formula is C28H31NO5. The number of rotatable bonds is 7. The summed E-state index contributed by atoms with van der Waals surface area (Å²) in [5.74, 6) is -0.613. The first-order chi connectivity index (χ1) is 16.4. The van der Waals surface area contributed by atoms with Crippen LogP contribution in [-0.4, -0.2) is 30.1 Å². The molecule has 0 radical (unpaired) electrons. The Kier molecular flexibility index (Phi) is 7.06. The average molecular weight is 462 g/mol. The van der Waals surface area contributed by atoms with Crippen LogP contribution in [0.4, 0.5) is 0 Å². The quantitative estimate of drug-likeness (QED) is 0.558. The Morgan fingerprint density at radius 1 is 1.09 bits per heavy atom. The smallest absolute Gasteiger partial charge is 0.336 e. The number of allylic oxidation sites excluding steroid dienone is 3. The molecule has 2 N–H and O–H groups in total. The fourth-order valence-corrected chi connectivity index (χ4v) is 4.86. The molecule has 1 aliphatic carbocycles. The summed E-state index contributed by atoms with van der Waals surface area (Å²) in [5, 5.41) is 13.6. The second-order valence-corrected chi connectivity index (χ2v) is 8.72. The normalized spacial score (nSPS) is 20.0. The van der Waals surface area contributed by atoms with Crippen molar-refractivity contribution in [3.8, 4) is 11.5 Å². The number of aromatic hydroxyl groups is 1. The SMILES string of the molecule is CCCOC(=O)C1=C(C)NC2=C(C(=O)C[C@H](c3ccccc3)C2)[C@H]1c1ccc(O)c(OCC)c1. The van der Waals surface area contributed by atoms with E-state index in [9.17, 15) is 14.7 Å². The van der Waals surface area contributed by atoms with E-state index in [-0.39, 0.29) is 17.5 Å². The first kappa shape index (κ1) is 23.6. The summed E-state index contributed by atoms with van der Waals surface area (Å²) in [7, 11) is 0. The topological polar surface area (TPSA) is 84.9 Å². The van der Waals surface area contributed by atoms with E-state index < -0.39 is 11.9 Å². The van der Waals surface area contributed by atoms with Gasteiger partial charge in [-0.15, -0.1) is 0 Å². The molecule has 178 valence electrons. The minimum atomic E-state index is -0.593. The van der Waals surface area contributed by atoms with Gasteiger partial charge in [-0.2, -0.15) is 0 Å². The van der Waals surface area contributed by atoms with Gasteiger partial charge in [-0.25, -0.2) is 4.79 Å². The van der Waals surface area contributed by atoms with E-state index in [2.05, 4.69) is 5.32 Å². The lowest BCUT2D eigenvalue weighted by atomic mass is 9.71. The first-order valence-electron chi connectivity index (χ1n) is 11.9. The van der Waals surface area contributed by atoms with Crippen LogP contribution >= 0.6 is 0 Å². The predicted molar refractivity (Wildman–Crippen MR) is 130 cm³/mol. The maximum absolute atomic E-state index is 13.6. The molecule has 34 heavy (non-hydrogen) atoms. The second kappa shape index (κ2) is 10.2. The Morgan fingerprint density at radius 3 is 2.56 bits per heavy atom. The molecule has 0 aromatic heterocycles. The number of phenols is 1. The number of esters is 1. The molecule has 2 atom stereocenters. The minimum Gasteiger partial charge on any atom is -0.504 e. The van der Waals surface area contributed by atoms with Crippen molar-refractivity contribution in [1.29, 1.82) is 0 Å². The van der Waals surface area contributed by atoms with Gasteiger partial charge < -0.3 is 19.9 Å². The lowest BCUT2D eigenvalue weighted by Gasteiger charge is -2.36. The molecule has 0 bridgehead atoms. The zero-order valence-electron chi connectivity index (χ0n) is 19.9. The fraction of sp³-hybridized carbons (Fsp3) is 0.357. The number of ketones is 1. The summed E-state index contributed by atoms with van der Waals surface area (Å²) in [4.78, 5) is 26.8. The van der Waals surface area contributed by atoms with Gasteiger partial charge in [0.05, 0.1) is 18.8 Å². The number of benzene rings is 2. The first-order valence-corrected chi connectivity index (χ1v) is 11.9. The molecule has 6 heteroatoms. The molecule has 0 saturated carbocycles. The van der Waals surface area contributed by atoms with Crippen molar-refractivity contribution in [2.45, 2.75) is 51.9 Å². The van der Waals surface area contributed by atoms with Crippen LogP contribution < -0.4 is 10.1 Å². The number of hydrogen-bond donors (Lipinski definition) is 2. The number of carbonyl (C=O) groups is 2. The number of phenolic OH excluding ortho intramolecular Hbond substituents is 1. The molecule has 0 unspecified atom stereocenters. The maximum atomic E-state index is 13.6. The molecule has 0 amide bonds. The van der Waals surface area contributed by atoms with E-state index in [0.29, 0.717) is 60.6 Å². The predicted octanol–water partition coefficient (Wildman–Crippen LogP) is 5.11. The molecule has 2 aromatic rings. The summed E-state index contributed by atoms with van der Waals surface area (Å²) in [6, 6.07) is 15.1. The number of ether oxygens (including phenoxy) is 2. The summed E-state index contributed by atoms with van der Waals surface area (Å²) < 4.78 is 11.1. The zero-order chi connectivity index (χ0) is 24.2. The molecule has 0 fully saturated rings. The van der Waals surface area contributed by atoms with E-state index in [1.165, 1.54) is 0 Å². The third-order valence-corrected chi connectivity index (χ3v) is 6.37. The highest BCUT2D eigenvalue weighted by Crippen LogP contribution is 2.46. The van der Waals surface area contributed by atoms with E-state index in [4.69, 9.17) is 9.47 Å². The molecule has 6 nitrogen and oxygen atoms in total. The Hall–Kier alpha value is -3.54. The van der Waals surface area contributed by atoms with Gasteiger partial charge in [-0.1, -0.05) is 43.3 Å². The van der Waals surface area contributed by atoms with Crippen molar-refractivity contribution in [3.63, 3.8) is 0 Å². The lowest BCUT2D eigenvalue weighted by molar-refractivity contribution is -0.139. The molecule has 1 heterocycles. The number of nitrogens with one attached hydrogen (secondary N) is 1. The van der Waals surface area contributed by atoms with Crippen molar-refractivity contribution >= 4 is 11.8 Å². The zero-order valence-corrected chi connectivity index (χ0v) is 19.9. The highest BCUT2D eigenvalue weighted by atomic mass is 16.5. The molecular weight excluding hydrogens is 430 g/mol. The number of dihydropyridines is 1. The summed E-state index contributed by atoms with van der Waals surface area (Å²) in [5.41, 5.74) is 4.37. The van der Waals surface area contributed by atoms with Crippen LogP contribution in [0.5, 0.6) is 11.5 Å². The highest BCUT2D eigenvalue weighted by Gasteiger charge is 2.41. The van der Waals surface area contributed by atoms with Crippen molar-refractivity contribution in [2.24, 2.45) is 0 Å². The van der Waals surface area contributed by atoms with Gasteiger partial charge in [0.25, 0.3) is 0 Å². The Morgan fingerprint density at radius 2 is 1.85 bits per heavy atom. The standard InChI is InChI=1S/C28H31NO5/c1-4-13-34-28(32)25-17(3)29-21-14-20(18-9-7-6-8-10-18)15-23(31)27(21)26(25)19-11-12-22(30)24(16-19)33-5-2/h6-12,16,20,26,29-30H,4-5,13-15H2,1-3H3/t20-,26+/m1/s1. The monoisotopic (exact) mass is 461 g/mol. The molecule has 4 rings (SSSR count). The van der Waals surface area contributed by atoms with Crippen LogP contribution in [0, 0.1) is 0 Å². The van der Waals surface area contributed by atoms with Gasteiger partial charge in [-0.3, -0.25) is 4.79 Å². The van der Waals surface area contributed by atoms with Crippen molar-refractivity contribution in [1.82, 2.24) is 5.32 Å². The van der Waals surface area contributed by atoms with E-state index >= 15 is 0 Å². The number of Topliss-reactive ketones (excluding diaryl/α,β-unsaturated/α-hetero) is 1. The minimum absolute atomic E-state index is 0.00642. The van der Waals surface area contributed by atoms with Crippen molar-refractivity contribution < 1.29 is 24.2 Å². The van der Waals surface area contributed by atoms with Gasteiger partial charge >= 0.3 is 5.97 Å². The summed E-state index contributed by atoms with van der Waals surface area (Å²) >= 11 is 0. The maximum Gasteiger partial charge on any atom is 0.336 e. The Bertz CT molecular complexity index is 1150. The van der Waals surface area contributed by atoms with Crippen LogP contribution in [-0.2, 0) is 14.3 Å². The third-order valence-electron chi connectivity index (χ3n) is 6.37. The molecule has 1 aliphatic heterocycles. The molecule has 0 saturated heterocycles. The van der Waals surface area contributed by atoms with Gasteiger partial charge in [0.2, 0.25) is 0 Å². The van der Waals surface area contributed by atoms with E-state index in [0.717, 1.165) is 11.3 Å². The van der Waals surface area contributed by atoms with Crippen molar-refractivity contribution in [2.75, 3.05) is 13.2 Å². The van der Waals surface area contributed by atoms with Crippen LogP contribution in [0.25, 0.3) is 0 Å². The molecule has 0 spiro atoms. The van der Waals surface area contributed by atoms with E-state index in [1.54, 1.807) is 18.2 Å². The Labute approximate surface area is 200 Å². The van der Waals surface area contributed by atoms with Crippen LogP contribution in [0.15, 0.2) is 71.1 Å².